The highest BCUT2D eigenvalue weighted by Crippen LogP contribution is 2.22. The molecule has 2 aliphatic rings. The van der Waals surface area contributed by atoms with Gasteiger partial charge < -0.3 is 9.64 Å². The Bertz CT molecular complexity index is 469. The average Bonchev–Trinajstić information content (AvgIpc) is 3.11. The summed E-state index contributed by atoms with van der Waals surface area (Å²) in [6.07, 6.45) is 4.52. The van der Waals surface area contributed by atoms with Crippen LogP contribution in [0, 0.1) is 0 Å². The lowest BCUT2D eigenvalue weighted by Gasteiger charge is -2.14. The Morgan fingerprint density at radius 3 is 2.75 bits per heavy atom. The van der Waals surface area contributed by atoms with Crippen molar-refractivity contribution in [2.24, 2.45) is 5.10 Å². The lowest BCUT2D eigenvalue weighted by atomic mass is 10.2. The molecule has 0 unspecified atom stereocenters. The van der Waals surface area contributed by atoms with E-state index in [0.29, 0.717) is 0 Å². The second-order valence-corrected chi connectivity index (χ2v) is 5.77. The fourth-order valence-corrected chi connectivity index (χ4v) is 2.80. The number of nitrogens with one attached hydrogen (secondary N) is 1. The van der Waals surface area contributed by atoms with Crippen LogP contribution in [0.5, 0.6) is 0 Å². The van der Waals surface area contributed by atoms with E-state index in [1.54, 1.807) is 0 Å². The van der Waals surface area contributed by atoms with Crippen molar-refractivity contribution in [2.75, 3.05) is 19.6 Å². The van der Waals surface area contributed by atoms with Gasteiger partial charge in [0.25, 0.3) is 0 Å². The molecule has 0 bridgehead atoms. The molecule has 1 saturated heterocycles. The Balaban J connectivity index is 1.43. The van der Waals surface area contributed by atoms with Crippen molar-refractivity contribution in [3.8, 4) is 0 Å². The van der Waals surface area contributed by atoms with Crippen LogP contribution < -0.4 is 5.43 Å². The maximum Gasteiger partial charge on any atom is 0.212 e. The number of halogens is 1. The number of hydrazone groups is 1. The maximum absolute atomic E-state index is 5.88. The molecule has 0 aromatic heterocycles. The molecule has 108 valence electrons. The van der Waals surface area contributed by atoms with Crippen molar-refractivity contribution >= 4 is 17.5 Å². The first-order chi connectivity index (χ1) is 9.81. The van der Waals surface area contributed by atoms with Crippen LogP contribution in [0.3, 0.4) is 0 Å². The van der Waals surface area contributed by atoms with E-state index in [9.17, 15) is 0 Å². The SMILES string of the molecule is Clc1ccc([C@@H]2NN=C(CCCN3CCCC3)O2)cc1. The molecule has 1 atom stereocenters. The molecule has 1 aromatic carbocycles. The topological polar surface area (TPSA) is 36.9 Å². The smallest absolute Gasteiger partial charge is 0.212 e. The van der Waals surface area contributed by atoms with Crippen LogP contribution in [-0.2, 0) is 4.74 Å². The van der Waals surface area contributed by atoms with Gasteiger partial charge in [-0.05, 0) is 51.0 Å². The Hall–Kier alpha value is -1.26. The molecular formula is C15H20ClN3O. The normalized spacial score (nSPS) is 22.4. The van der Waals surface area contributed by atoms with Crippen LogP contribution in [-0.4, -0.2) is 30.4 Å². The number of benzene rings is 1. The zero-order chi connectivity index (χ0) is 13.8. The fraction of sp³-hybridized carbons (Fsp3) is 0.533. The van der Waals surface area contributed by atoms with Crippen molar-refractivity contribution in [1.29, 1.82) is 0 Å². The third-order valence-electron chi connectivity index (χ3n) is 3.80. The first kappa shape index (κ1) is 13.7. The Morgan fingerprint density at radius 2 is 2.00 bits per heavy atom. The monoisotopic (exact) mass is 293 g/mol. The van der Waals surface area contributed by atoms with E-state index >= 15 is 0 Å². The summed E-state index contributed by atoms with van der Waals surface area (Å²) in [4.78, 5) is 2.51. The molecule has 1 N–H and O–H groups in total. The van der Waals surface area contributed by atoms with Crippen molar-refractivity contribution in [2.45, 2.75) is 31.9 Å². The first-order valence-corrected chi connectivity index (χ1v) is 7.65. The summed E-state index contributed by atoms with van der Waals surface area (Å²) in [6.45, 7) is 3.64. The van der Waals surface area contributed by atoms with E-state index in [2.05, 4.69) is 15.4 Å². The molecule has 0 spiro atoms. The molecular weight excluding hydrogens is 274 g/mol. The van der Waals surface area contributed by atoms with Crippen molar-refractivity contribution in [3.63, 3.8) is 0 Å². The van der Waals surface area contributed by atoms with Gasteiger partial charge in [0.1, 0.15) is 0 Å². The molecule has 2 aliphatic heterocycles. The second-order valence-electron chi connectivity index (χ2n) is 5.34. The lowest BCUT2D eigenvalue weighted by Crippen LogP contribution is -2.21. The maximum atomic E-state index is 5.88. The summed E-state index contributed by atoms with van der Waals surface area (Å²) in [5, 5.41) is 5.01. The van der Waals surface area contributed by atoms with Gasteiger partial charge in [-0.2, -0.15) is 0 Å². The highest BCUT2D eigenvalue weighted by molar-refractivity contribution is 6.30. The van der Waals surface area contributed by atoms with Crippen LogP contribution in [0.2, 0.25) is 5.02 Å². The highest BCUT2D eigenvalue weighted by atomic mass is 35.5. The second kappa shape index (κ2) is 6.46. The van der Waals surface area contributed by atoms with Gasteiger partial charge in [0.05, 0.1) is 0 Å². The summed E-state index contributed by atoms with van der Waals surface area (Å²) in [5.41, 5.74) is 4.08. The minimum Gasteiger partial charge on any atom is -0.450 e. The van der Waals surface area contributed by atoms with Gasteiger partial charge in [0, 0.05) is 17.0 Å². The number of nitrogens with zero attached hydrogens (tertiary/aromatic N) is 2. The van der Waals surface area contributed by atoms with Gasteiger partial charge in [-0.1, -0.05) is 23.7 Å². The Kier molecular flexibility index (Phi) is 4.43. The van der Waals surface area contributed by atoms with Crippen LogP contribution in [0.1, 0.15) is 37.5 Å². The van der Waals surface area contributed by atoms with Gasteiger partial charge in [-0.15, -0.1) is 5.10 Å². The van der Waals surface area contributed by atoms with E-state index in [1.165, 1.54) is 25.9 Å². The molecule has 5 heteroatoms. The van der Waals surface area contributed by atoms with Gasteiger partial charge in [-0.25, -0.2) is 0 Å². The molecule has 2 heterocycles. The first-order valence-electron chi connectivity index (χ1n) is 7.28. The largest absolute Gasteiger partial charge is 0.450 e. The molecule has 1 aromatic rings. The molecule has 0 saturated carbocycles. The van der Waals surface area contributed by atoms with Crippen molar-refractivity contribution in [3.05, 3.63) is 34.9 Å². The van der Waals surface area contributed by atoms with Crippen LogP contribution in [0.4, 0.5) is 0 Å². The molecule has 1 fully saturated rings. The number of rotatable bonds is 5. The van der Waals surface area contributed by atoms with E-state index in [4.69, 9.17) is 16.3 Å². The number of hydrogen-bond donors (Lipinski definition) is 1. The van der Waals surface area contributed by atoms with Gasteiger partial charge in [0.2, 0.25) is 12.1 Å². The molecule has 0 amide bonds. The predicted octanol–water partition coefficient (Wildman–Crippen LogP) is 3.15. The van der Waals surface area contributed by atoms with E-state index < -0.39 is 0 Å². The zero-order valence-electron chi connectivity index (χ0n) is 11.5. The third-order valence-corrected chi connectivity index (χ3v) is 4.05. The molecule has 20 heavy (non-hydrogen) atoms. The summed E-state index contributed by atoms with van der Waals surface area (Å²) >= 11 is 5.88. The average molecular weight is 294 g/mol. The standard InChI is InChI=1S/C15H20ClN3O/c16-13-7-5-12(6-8-13)15-18-17-14(20-15)4-3-11-19-9-1-2-10-19/h5-8,15,18H,1-4,9-11H2/t15-/m1/s1. The summed E-state index contributed by atoms with van der Waals surface area (Å²) in [7, 11) is 0. The predicted molar refractivity (Wildman–Crippen MR) is 80.8 cm³/mol. The third kappa shape index (κ3) is 3.44. The molecule has 0 aliphatic carbocycles. The van der Waals surface area contributed by atoms with Gasteiger partial charge in [0.15, 0.2) is 0 Å². The van der Waals surface area contributed by atoms with Crippen LogP contribution >= 0.6 is 11.6 Å². The van der Waals surface area contributed by atoms with E-state index in [-0.39, 0.29) is 6.23 Å². The zero-order valence-corrected chi connectivity index (χ0v) is 12.3. The van der Waals surface area contributed by atoms with E-state index in [1.807, 2.05) is 24.3 Å². The minimum atomic E-state index is -0.172. The number of likely N-dealkylation sites (tertiary alicyclic amines) is 1. The van der Waals surface area contributed by atoms with Crippen LogP contribution in [0.25, 0.3) is 0 Å². The summed E-state index contributed by atoms with van der Waals surface area (Å²) < 4.78 is 5.83. The summed E-state index contributed by atoms with van der Waals surface area (Å²) in [6, 6.07) is 7.66. The highest BCUT2D eigenvalue weighted by Gasteiger charge is 2.21. The number of hydrogen-bond acceptors (Lipinski definition) is 4. The molecule has 4 nitrogen and oxygen atoms in total. The summed E-state index contributed by atoms with van der Waals surface area (Å²) in [5.74, 6) is 0.809. The molecule has 3 rings (SSSR count). The van der Waals surface area contributed by atoms with Crippen molar-refractivity contribution in [1.82, 2.24) is 10.3 Å². The van der Waals surface area contributed by atoms with Gasteiger partial charge in [-0.3, -0.25) is 5.43 Å². The quantitative estimate of drug-likeness (QED) is 0.906. The minimum absolute atomic E-state index is 0.172. The van der Waals surface area contributed by atoms with Crippen molar-refractivity contribution < 1.29 is 4.74 Å². The lowest BCUT2D eigenvalue weighted by molar-refractivity contribution is 0.185. The fourth-order valence-electron chi connectivity index (χ4n) is 2.67. The van der Waals surface area contributed by atoms with E-state index in [0.717, 1.165) is 35.9 Å². The Labute approximate surface area is 124 Å². The van der Waals surface area contributed by atoms with Crippen LogP contribution in [0.15, 0.2) is 29.4 Å². The Morgan fingerprint density at radius 1 is 1.25 bits per heavy atom. The molecule has 0 radical (unpaired) electrons. The van der Waals surface area contributed by atoms with Gasteiger partial charge >= 0.3 is 0 Å². The number of ether oxygens (including phenoxy) is 1.